The fourth-order valence-corrected chi connectivity index (χ4v) is 5.67. The molecule has 6 heteroatoms. The number of nitrogens with zero attached hydrogens (tertiary/aromatic N) is 3. The van der Waals surface area contributed by atoms with E-state index < -0.39 is 0 Å². The van der Waals surface area contributed by atoms with Crippen LogP contribution >= 0.6 is 0 Å². The van der Waals surface area contributed by atoms with Gasteiger partial charge in [0.25, 0.3) is 5.91 Å². The quantitative estimate of drug-likeness (QED) is 0.864. The molecule has 1 N–H and O–H groups in total. The minimum absolute atomic E-state index is 0.0524. The van der Waals surface area contributed by atoms with E-state index in [1.54, 1.807) is 17.1 Å². The third-order valence-electron chi connectivity index (χ3n) is 7.22. The molecule has 0 spiro atoms. The van der Waals surface area contributed by atoms with E-state index in [4.69, 9.17) is 0 Å². The van der Waals surface area contributed by atoms with Crippen LogP contribution in [0.4, 0.5) is 0 Å². The lowest BCUT2D eigenvalue weighted by molar-refractivity contribution is -0.142. The van der Waals surface area contributed by atoms with E-state index in [0.29, 0.717) is 36.5 Å². The van der Waals surface area contributed by atoms with Gasteiger partial charge in [-0.05, 0) is 38.0 Å². The highest BCUT2D eigenvalue weighted by Crippen LogP contribution is 2.48. The monoisotopic (exact) mass is 372 g/mol. The van der Waals surface area contributed by atoms with Gasteiger partial charge in [-0.3, -0.25) is 9.59 Å². The number of amides is 2. The number of likely N-dealkylation sites (tertiary alicyclic amines) is 1. The predicted molar refractivity (Wildman–Crippen MR) is 103 cm³/mol. The van der Waals surface area contributed by atoms with Gasteiger partial charge in [0.1, 0.15) is 5.69 Å². The minimum Gasteiger partial charge on any atom is -0.350 e. The predicted octanol–water partition coefficient (Wildman–Crippen LogP) is 2.89. The van der Waals surface area contributed by atoms with Crippen LogP contribution in [0.25, 0.3) is 0 Å². The molecule has 0 bridgehead atoms. The van der Waals surface area contributed by atoms with Crippen LogP contribution in [-0.4, -0.2) is 45.4 Å². The Labute approximate surface area is 161 Å². The van der Waals surface area contributed by atoms with Gasteiger partial charge < -0.3 is 14.8 Å². The summed E-state index contributed by atoms with van der Waals surface area (Å²) in [5, 5.41) is 3.16. The second-order valence-electron chi connectivity index (χ2n) is 8.89. The van der Waals surface area contributed by atoms with Gasteiger partial charge in [-0.2, -0.15) is 0 Å². The third kappa shape index (κ3) is 3.63. The summed E-state index contributed by atoms with van der Waals surface area (Å²) in [6.45, 7) is 1.59. The van der Waals surface area contributed by atoms with E-state index in [1.165, 1.54) is 32.1 Å². The van der Waals surface area contributed by atoms with Crippen molar-refractivity contribution >= 4 is 11.8 Å². The van der Waals surface area contributed by atoms with Crippen LogP contribution in [0.15, 0.2) is 12.5 Å². The molecule has 4 rings (SSSR count). The smallest absolute Gasteiger partial charge is 0.269 e. The molecular formula is C21H32N4O2. The molecule has 2 amide bonds. The summed E-state index contributed by atoms with van der Waals surface area (Å²) in [5.74, 6) is 0.940. The summed E-state index contributed by atoms with van der Waals surface area (Å²) < 4.78 is 1.75. The van der Waals surface area contributed by atoms with E-state index in [2.05, 4.69) is 15.2 Å². The highest BCUT2D eigenvalue weighted by molar-refractivity contribution is 5.92. The largest absolute Gasteiger partial charge is 0.350 e. The number of fused-ring (bicyclic) bond motifs is 1. The molecular weight excluding hydrogens is 340 g/mol. The molecule has 148 valence electrons. The van der Waals surface area contributed by atoms with Gasteiger partial charge in [0.2, 0.25) is 5.91 Å². The van der Waals surface area contributed by atoms with Crippen LogP contribution in [0, 0.1) is 11.3 Å². The molecule has 1 aromatic heterocycles. The SMILES string of the molecule is Cn1cncc1C(=O)NC[C@@]12CCC[C@H]1N(CC1CCCCC1)C(=O)CC2. The number of hydrogen-bond donors (Lipinski definition) is 1. The van der Waals surface area contributed by atoms with Crippen LogP contribution in [0.5, 0.6) is 0 Å². The van der Waals surface area contributed by atoms with Gasteiger partial charge in [0, 0.05) is 38.0 Å². The third-order valence-corrected chi connectivity index (χ3v) is 7.22. The van der Waals surface area contributed by atoms with Gasteiger partial charge in [0.15, 0.2) is 0 Å². The van der Waals surface area contributed by atoms with Crippen molar-refractivity contribution in [3.05, 3.63) is 18.2 Å². The summed E-state index contributed by atoms with van der Waals surface area (Å²) in [5.41, 5.74) is 0.642. The van der Waals surface area contributed by atoms with Crippen molar-refractivity contribution in [1.82, 2.24) is 19.8 Å². The molecule has 2 atom stereocenters. The van der Waals surface area contributed by atoms with E-state index >= 15 is 0 Å². The lowest BCUT2D eigenvalue weighted by Crippen LogP contribution is -2.57. The number of hydrogen-bond acceptors (Lipinski definition) is 3. The van der Waals surface area contributed by atoms with Gasteiger partial charge in [-0.25, -0.2) is 4.98 Å². The molecule has 2 heterocycles. The Hall–Kier alpha value is -1.85. The van der Waals surface area contributed by atoms with Gasteiger partial charge in [-0.1, -0.05) is 25.7 Å². The lowest BCUT2D eigenvalue weighted by atomic mass is 9.74. The van der Waals surface area contributed by atoms with Crippen molar-refractivity contribution in [2.45, 2.75) is 70.3 Å². The molecule has 6 nitrogen and oxygen atoms in total. The average Bonchev–Trinajstić information content (AvgIpc) is 3.30. The Kier molecular flexibility index (Phi) is 5.24. The van der Waals surface area contributed by atoms with Crippen molar-refractivity contribution < 1.29 is 9.59 Å². The van der Waals surface area contributed by atoms with Crippen molar-refractivity contribution in [1.29, 1.82) is 0 Å². The van der Waals surface area contributed by atoms with E-state index in [9.17, 15) is 9.59 Å². The first kappa shape index (κ1) is 18.5. The fraction of sp³-hybridized carbons (Fsp3) is 0.762. The zero-order valence-electron chi connectivity index (χ0n) is 16.5. The van der Waals surface area contributed by atoms with Gasteiger partial charge >= 0.3 is 0 Å². The minimum atomic E-state index is -0.0641. The molecule has 1 aliphatic heterocycles. The number of nitrogens with one attached hydrogen (secondary N) is 1. The van der Waals surface area contributed by atoms with Crippen LogP contribution in [0.1, 0.15) is 74.7 Å². The molecule has 0 radical (unpaired) electrons. The van der Waals surface area contributed by atoms with E-state index in [-0.39, 0.29) is 11.3 Å². The van der Waals surface area contributed by atoms with Crippen molar-refractivity contribution in [3.63, 3.8) is 0 Å². The number of rotatable bonds is 5. The maximum atomic E-state index is 12.7. The topological polar surface area (TPSA) is 67.2 Å². The summed E-state index contributed by atoms with van der Waals surface area (Å²) in [6.07, 6.45) is 14.6. The maximum absolute atomic E-state index is 12.7. The summed E-state index contributed by atoms with van der Waals surface area (Å²) >= 11 is 0. The summed E-state index contributed by atoms with van der Waals surface area (Å²) in [7, 11) is 1.84. The lowest BCUT2D eigenvalue weighted by Gasteiger charge is -2.47. The fourth-order valence-electron chi connectivity index (χ4n) is 5.67. The first-order chi connectivity index (χ1) is 13.1. The molecule has 2 saturated carbocycles. The molecule has 2 aliphatic carbocycles. The number of carbonyl (C=O) groups excluding carboxylic acids is 2. The van der Waals surface area contributed by atoms with E-state index in [0.717, 1.165) is 32.2 Å². The number of aryl methyl sites for hydroxylation is 1. The van der Waals surface area contributed by atoms with Crippen molar-refractivity contribution in [3.8, 4) is 0 Å². The van der Waals surface area contributed by atoms with Crippen LogP contribution in [-0.2, 0) is 11.8 Å². The van der Waals surface area contributed by atoms with Crippen LogP contribution < -0.4 is 5.32 Å². The van der Waals surface area contributed by atoms with E-state index in [1.807, 2.05) is 7.05 Å². The highest BCUT2D eigenvalue weighted by Gasteiger charge is 2.50. The summed E-state index contributed by atoms with van der Waals surface area (Å²) in [6, 6.07) is 0.299. The molecule has 0 aromatic carbocycles. The highest BCUT2D eigenvalue weighted by atomic mass is 16.2. The first-order valence-electron chi connectivity index (χ1n) is 10.6. The number of imidazole rings is 1. The Morgan fingerprint density at radius 3 is 2.78 bits per heavy atom. The Balaban J connectivity index is 1.45. The number of carbonyl (C=O) groups is 2. The second-order valence-corrected chi connectivity index (χ2v) is 8.89. The van der Waals surface area contributed by atoms with Crippen molar-refractivity contribution in [2.24, 2.45) is 18.4 Å². The molecule has 1 saturated heterocycles. The molecule has 1 aromatic rings. The molecule has 3 fully saturated rings. The Bertz CT molecular complexity index is 694. The van der Waals surface area contributed by atoms with Gasteiger partial charge in [-0.15, -0.1) is 0 Å². The van der Waals surface area contributed by atoms with Crippen LogP contribution in [0.2, 0.25) is 0 Å². The standard InChI is InChI=1S/C21H32N4O2/c1-24-15-22-12-17(24)20(27)23-14-21-10-5-8-18(21)25(19(26)9-11-21)13-16-6-3-2-4-7-16/h12,15-16,18H,2-11,13-14H2,1H3,(H,23,27)/t18-,21+/m1/s1. The normalized spacial score (nSPS) is 29.0. The maximum Gasteiger partial charge on any atom is 0.269 e. The second kappa shape index (κ2) is 7.64. The van der Waals surface area contributed by atoms with Crippen LogP contribution in [0.3, 0.4) is 0 Å². The molecule has 3 aliphatic rings. The molecule has 27 heavy (non-hydrogen) atoms. The van der Waals surface area contributed by atoms with Crippen molar-refractivity contribution in [2.75, 3.05) is 13.1 Å². The molecule has 0 unspecified atom stereocenters. The average molecular weight is 373 g/mol. The zero-order valence-corrected chi connectivity index (χ0v) is 16.5. The number of piperidine rings is 1. The summed E-state index contributed by atoms with van der Waals surface area (Å²) in [4.78, 5) is 31.6. The Morgan fingerprint density at radius 1 is 1.22 bits per heavy atom. The zero-order chi connectivity index (χ0) is 18.9. The first-order valence-corrected chi connectivity index (χ1v) is 10.6. The van der Waals surface area contributed by atoms with Gasteiger partial charge in [0.05, 0.1) is 12.5 Å². The Morgan fingerprint density at radius 2 is 2.04 bits per heavy atom. The number of aromatic nitrogens is 2.